The van der Waals surface area contributed by atoms with Gasteiger partial charge in [0.1, 0.15) is 5.75 Å². The molecule has 2 aromatic carbocycles. The van der Waals surface area contributed by atoms with Crippen molar-refractivity contribution in [1.82, 2.24) is 5.43 Å². The van der Waals surface area contributed by atoms with Crippen molar-refractivity contribution in [2.24, 2.45) is 5.10 Å². The van der Waals surface area contributed by atoms with Gasteiger partial charge in [-0.25, -0.2) is 5.43 Å². The third kappa shape index (κ3) is 4.54. The molecule has 0 aliphatic carbocycles. The third-order valence-corrected chi connectivity index (χ3v) is 3.44. The first-order valence-corrected chi connectivity index (χ1v) is 7.35. The number of methoxy groups -OCH3 is 2. The lowest BCUT2D eigenvalue weighted by Gasteiger charge is -2.08. The fourth-order valence-corrected chi connectivity index (χ4v) is 2.11. The first kappa shape index (κ1) is 19.3. The molecular formula is C16H14N4O7. The van der Waals surface area contributed by atoms with Crippen LogP contribution in [-0.4, -0.2) is 36.2 Å². The normalized spacial score (nSPS) is 10.4. The highest BCUT2D eigenvalue weighted by Gasteiger charge is 2.19. The highest BCUT2D eigenvalue weighted by molar-refractivity contribution is 5.95. The van der Waals surface area contributed by atoms with Crippen LogP contribution in [0.4, 0.5) is 11.4 Å². The average molecular weight is 374 g/mol. The second kappa shape index (κ2) is 8.38. The molecule has 0 atom stereocenters. The molecule has 0 heterocycles. The summed E-state index contributed by atoms with van der Waals surface area (Å²) in [7, 11) is 2.66. The first-order chi connectivity index (χ1) is 12.9. The Bertz CT molecular complexity index is 910. The number of nitro groups is 2. The van der Waals surface area contributed by atoms with E-state index < -0.39 is 15.8 Å². The molecule has 0 aliphatic heterocycles. The lowest BCUT2D eigenvalue weighted by molar-refractivity contribution is -0.385. The SMILES string of the molecule is COc1cc(OC)c([N+](=O)[O-])cc1/C=N\NC(=O)c1ccc([N+](=O)[O-])cc1. The molecule has 11 heteroatoms. The van der Waals surface area contributed by atoms with Crippen LogP contribution >= 0.6 is 0 Å². The largest absolute Gasteiger partial charge is 0.496 e. The number of hydrazone groups is 1. The lowest BCUT2D eigenvalue weighted by atomic mass is 10.1. The van der Waals surface area contributed by atoms with Crippen molar-refractivity contribution in [2.75, 3.05) is 14.2 Å². The van der Waals surface area contributed by atoms with E-state index in [4.69, 9.17) is 9.47 Å². The lowest BCUT2D eigenvalue weighted by Crippen LogP contribution is -2.17. The van der Waals surface area contributed by atoms with Crippen LogP contribution in [0.25, 0.3) is 0 Å². The summed E-state index contributed by atoms with van der Waals surface area (Å²) in [5.74, 6) is -0.335. The Hall–Kier alpha value is -4.02. The fourth-order valence-electron chi connectivity index (χ4n) is 2.11. The smallest absolute Gasteiger partial charge is 0.311 e. The Kier molecular flexibility index (Phi) is 5.99. The van der Waals surface area contributed by atoms with Crippen LogP contribution in [0.5, 0.6) is 11.5 Å². The van der Waals surface area contributed by atoms with E-state index >= 15 is 0 Å². The average Bonchev–Trinajstić information content (AvgIpc) is 2.67. The number of non-ortho nitro benzene ring substituents is 1. The number of rotatable bonds is 7. The van der Waals surface area contributed by atoms with Crippen molar-refractivity contribution in [2.45, 2.75) is 0 Å². The van der Waals surface area contributed by atoms with E-state index in [0.717, 1.165) is 0 Å². The van der Waals surface area contributed by atoms with Gasteiger partial charge in [-0.15, -0.1) is 0 Å². The van der Waals surface area contributed by atoms with Crippen molar-refractivity contribution in [3.8, 4) is 11.5 Å². The Balaban J connectivity index is 2.19. The number of benzene rings is 2. The van der Waals surface area contributed by atoms with Gasteiger partial charge in [-0.05, 0) is 12.1 Å². The molecule has 0 bridgehead atoms. The standard InChI is InChI=1S/C16H14N4O7/c1-26-14-8-15(27-2)13(20(24)25)7-11(14)9-17-18-16(21)10-3-5-12(6-4-10)19(22)23/h3-9H,1-2H3,(H,18,21)/b17-9-. The van der Waals surface area contributed by atoms with Crippen LogP contribution in [0.3, 0.4) is 0 Å². The number of nitrogens with one attached hydrogen (secondary N) is 1. The summed E-state index contributed by atoms with van der Waals surface area (Å²) in [6.07, 6.45) is 1.18. The molecular weight excluding hydrogens is 360 g/mol. The zero-order valence-corrected chi connectivity index (χ0v) is 14.2. The zero-order chi connectivity index (χ0) is 20.0. The van der Waals surface area contributed by atoms with Gasteiger partial charge < -0.3 is 9.47 Å². The van der Waals surface area contributed by atoms with Crippen LogP contribution in [0.1, 0.15) is 15.9 Å². The van der Waals surface area contributed by atoms with Gasteiger partial charge in [0.15, 0.2) is 0 Å². The Morgan fingerprint density at radius 2 is 1.67 bits per heavy atom. The van der Waals surface area contributed by atoms with E-state index in [1.54, 1.807) is 0 Å². The molecule has 27 heavy (non-hydrogen) atoms. The molecule has 1 N–H and O–H groups in total. The van der Waals surface area contributed by atoms with Crippen molar-refractivity contribution in [1.29, 1.82) is 0 Å². The molecule has 0 fully saturated rings. The summed E-state index contributed by atoms with van der Waals surface area (Å²) >= 11 is 0. The molecule has 0 spiro atoms. The van der Waals surface area contributed by atoms with Crippen LogP contribution in [-0.2, 0) is 0 Å². The summed E-state index contributed by atoms with van der Waals surface area (Å²) in [6, 6.07) is 7.46. The maximum absolute atomic E-state index is 12.0. The molecule has 0 aliphatic rings. The zero-order valence-electron chi connectivity index (χ0n) is 14.2. The Morgan fingerprint density at radius 1 is 1.04 bits per heavy atom. The van der Waals surface area contributed by atoms with E-state index in [1.807, 2.05) is 0 Å². The van der Waals surface area contributed by atoms with Crippen LogP contribution in [0, 0.1) is 20.2 Å². The fraction of sp³-hybridized carbons (Fsp3) is 0.125. The highest BCUT2D eigenvalue weighted by Crippen LogP contribution is 2.33. The highest BCUT2D eigenvalue weighted by atomic mass is 16.6. The molecule has 0 saturated heterocycles. The molecule has 2 aromatic rings. The Labute approximate surface area is 152 Å². The van der Waals surface area contributed by atoms with Gasteiger partial charge >= 0.3 is 5.69 Å². The number of amides is 1. The van der Waals surface area contributed by atoms with Gasteiger partial charge in [-0.2, -0.15) is 5.10 Å². The predicted octanol–water partition coefficient (Wildman–Crippen LogP) is 2.28. The van der Waals surface area contributed by atoms with Crippen LogP contribution in [0.15, 0.2) is 41.5 Å². The third-order valence-electron chi connectivity index (χ3n) is 3.44. The maximum atomic E-state index is 12.0. The molecule has 0 aromatic heterocycles. The summed E-state index contributed by atoms with van der Waals surface area (Å²) in [5, 5.41) is 25.4. The molecule has 0 saturated carbocycles. The van der Waals surface area contributed by atoms with Crippen molar-refractivity contribution in [3.05, 3.63) is 67.8 Å². The second-order valence-electron chi connectivity index (χ2n) is 5.03. The number of carbonyl (C=O) groups excluding carboxylic acids is 1. The molecule has 0 radical (unpaired) electrons. The molecule has 2 rings (SSSR count). The van der Waals surface area contributed by atoms with Gasteiger partial charge in [-0.1, -0.05) is 0 Å². The topological polar surface area (TPSA) is 146 Å². The first-order valence-electron chi connectivity index (χ1n) is 7.35. The van der Waals surface area contributed by atoms with E-state index in [2.05, 4.69) is 10.5 Å². The van der Waals surface area contributed by atoms with E-state index in [9.17, 15) is 25.0 Å². The molecule has 1 amide bonds. The van der Waals surface area contributed by atoms with E-state index in [1.165, 1.54) is 56.8 Å². The van der Waals surface area contributed by atoms with Crippen molar-refractivity contribution in [3.63, 3.8) is 0 Å². The van der Waals surface area contributed by atoms with Crippen molar-refractivity contribution < 1.29 is 24.1 Å². The minimum Gasteiger partial charge on any atom is -0.496 e. The van der Waals surface area contributed by atoms with Gasteiger partial charge in [-0.3, -0.25) is 25.0 Å². The maximum Gasteiger partial charge on any atom is 0.311 e. The molecule has 140 valence electrons. The number of hydrogen-bond donors (Lipinski definition) is 1. The van der Waals surface area contributed by atoms with Crippen LogP contribution in [0.2, 0.25) is 0 Å². The van der Waals surface area contributed by atoms with Gasteiger partial charge in [0.05, 0.1) is 30.3 Å². The monoisotopic (exact) mass is 374 g/mol. The number of hydrogen-bond acceptors (Lipinski definition) is 8. The summed E-state index contributed by atoms with van der Waals surface area (Å²) in [5.41, 5.74) is 2.19. The predicted molar refractivity (Wildman–Crippen MR) is 94.4 cm³/mol. The second-order valence-corrected chi connectivity index (χ2v) is 5.03. The Morgan fingerprint density at radius 3 is 2.19 bits per heavy atom. The van der Waals surface area contributed by atoms with Gasteiger partial charge in [0, 0.05) is 35.4 Å². The van der Waals surface area contributed by atoms with Gasteiger partial charge in [0.2, 0.25) is 5.75 Å². The summed E-state index contributed by atoms with van der Waals surface area (Å²) < 4.78 is 10.1. The van der Waals surface area contributed by atoms with E-state index in [0.29, 0.717) is 0 Å². The van der Waals surface area contributed by atoms with Crippen LogP contribution < -0.4 is 14.9 Å². The molecule has 0 unspecified atom stereocenters. The minimum atomic E-state index is -0.620. The van der Waals surface area contributed by atoms with Gasteiger partial charge in [0.25, 0.3) is 11.6 Å². The summed E-state index contributed by atoms with van der Waals surface area (Å²) in [4.78, 5) is 32.5. The quantitative estimate of drug-likeness (QED) is 0.444. The molecule has 11 nitrogen and oxygen atoms in total. The van der Waals surface area contributed by atoms with Crippen molar-refractivity contribution >= 4 is 23.5 Å². The van der Waals surface area contributed by atoms with E-state index in [-0.39, 0.29) is 34.0 Å². The number of nitrogens with zero attached hydrogens (tertiary/aromatic N) is 3. The number of nitro benzene ring substituents is 2. The minimum absolute atomic E-state index is 0.0175. The number of ether oxygens (including phenoxy) is 2. The summed E-state index contributed by atoms with van der Waals surface area (Å²) in [6.45, 7) is 0. The number of carbonyl (C=O) groups is 1.